The van der Waals surface area contributed by atoms with Gasteiger partial charge in [0, 0.05) is 32.9 Å². The van der Waals surface area contributed by atoms with E-state index >= 15 is 0 Å². The van der Waals surface area contributed by atoms with Gasteiger partial charge in [-0.05, 0) is 81.1 Å². The summed E-state index contributed by atoms with van der Waals surface area (Å²) in [6.07, 6.45) is 0. The smallest absolute Gasteiger partial charge is 0.145 e. The van der Waals surface area contributed by atoms with E-state index in [9.17, 15) is 0 Å². The zero-order chi connectivity index (χ0) is 38.7. The van der Waals surface area contributed by atoms with Crippen molar-refractivity contribution in [1.82, 2.24) is 0 Å². The van der Waals surface area contributed by atoms with Gasteiger partial charge < -0.3 is 13.7 Å². The summed E-state index contributed by atoms with van der Waals surface area (Å²) in [5.74, 6) is 0. The molecule has 0 spiro atoms. The fraction of sp³-hybridized carbons (Fsp3) is 0.208. The minimum Gasteiger partial charge on any atom is -0.456 e. The Labute approximate surface area is 329 Å². The number of para-hydroxylation sites is 1. The van der Waals surface area contributed by atoms with Crippen LogP contribution in [-0.2, 0) is 16.2 Å². The SMILES string of the molecule is CC(C)(C)c1cc(C(C)(C)C)c2oc3cccc(N(c4cccc5c4-c4ccccc4C5(C)C)c4ccc(-c5ccccc5)c5oc6ccccc6c45)c3c2c1. The van der Waals surface area contributed by atoms with Crippen molar-refractivity contribution in [2.75, 3.05) is 4.90 Å². The molecule has 0 radical (unpaired) electrons. The molecule has 1 aliphatic rings. The molecule has 0 saturated carbocycles. The predicted molar refractivity (Wildman–Crippen MR) is 236 cm³/mol. The van der Waals surface area contributed by atoms with E-state index in [0.717, 1.165) is 72.1 Å². The van der Waals surface area contributed by atoms with Gasteiger partial charge in [0.1, 0.15) is 22.3 Å². The Bertz CT molecular complexity index is 3020. The Morgan fingerprint density at radius 3 is 1.91 bits per heavy atom. The molecule has 2 heterocycles. The standard InChI is InChI=1S/C53H47NO2/c1-51(2,3)33-30-37-47-42(25-17-27-45(47)56-49(37)40(31-33)52(4,5)6)54(41-24-16-23-39-46(41)35-20-12-14-22-38(35)53(39,7)8)43-29-28-34(32-18-10-9-11-19-32)50-48(43)36-21-13-15-26-44(36)55-50/h9-31H,1-8H3. The monoisotopic (exact) mass is 729 g/mol. The van der Waals surface area contributed by atoms with Crippen molar-refractivity contribution in [2.45, 2.75) is 71.6 Å². The molecular weight excluding hydrogens is 683 g/mol. The summed E-state index contributed by atoms with van der Waals surface area (Å²) < 4.78 is 13.9. The highest BCUT2D eigenvalue weighted by Crippen LogP contribution is 2.57. The summed E-state index contributed by atoms with van der Waals surface area (Å²) in [4.78, 5) is 2.51. The van der Waals surface area contributed by atoms with E-state index in [1.165, 1.54) is 33.4 Å². The third kappa shape index (κ3) is 5.03. The number of hydrogen-bond acceptors (Lipinski definition) is 3. The molecule has 0 unspecified atom stereocenters. The highest BCUT2D eigenvalue weighted by atomic mass is 16.3. The molecule has 276 valence electrons. The fourth-order valence-corrected chi connectivity index (χ4v) is 9.24. The van der Waals surface area contributed by atoms with E-state index in [4.69, 9.17) is 8.83 Å². The Morgan fingerprint density at radius 1 is 0.482 bits per heavy atom. The van der Waals surface area contributed by atoms with Gasteiger partial charge in [0.15, 0.2) is 0 Å². The Morgan fingerprint density at radius 2 is 1.12 bits per heavy atom. The van der Waals surface area contributed by atoms with Gasteiger partial charge in [-0.1, -0.05) is 152 Å². The molecule has 9 aromatic rings. The summed E-state index contributed by atoms with van der Waals surface area (Å²) in [7, 11) is 0. The first-order valence-corrected chi connectivity index (χ1v) is 19.9. The van der Waals surface area contributed by atoms with Gasteiger partial charge >= 0.3 is 0 Å². The quantitative estimate of drug-likeness (QED) is 0.181. The van der Waals surface area contributed by atoms with E-state index in [2.05, 4.69) is 200 Å². The van der Waals surface area contributed by atoms with Crippen molar-refractivity contribution in [3.8, 4) is 22.3 Å². The molecule has 0 aliphatic heterocycles. The zero-order valence-electron chi connectivity index (χ0n) is 33.5. The maximum Gasteiger partial charge on any atom is 0.145 e. The molecule has 2 aromatic heterocycles. The zero-order valence-corrected chi connectivity index (χ0v) is 33.5. The molecule has 10 rings (SSSR count). The van der Waals surface area contributed by atoms with Crippen molar-refractivity contribution in [3.63, 3.8) is 0 Å². The van der Waals surface area contributed by atoms with Crippen molar-refractivity contribution in [1.29, 1.82) is 0 Å². The van der Waals surface area contributed by atoms with E-state index < -0.39 is 0 Å². The second kappa shape index (κ2) is 12.0. The van der Waals surface area contributed by atoms with Gasteiger partial charge in [0.05, 0.1) is 27.8 Å². The summed E-state index contributed by atoms with van der Waals surface area (Å²) in [6.45, 7) is 18.5. The minimum absolute atomic E-state index is 0.0584. The molecule has 0 bridgehead atoms. The summed E-state index contributed by atoms with van der Waals surface area (Å²) in [5.41, 5.74) is 16.4. The third-order valence-corrected chi connectivity index (χ3v) is 12.1. The average molecular weight is 730 g/mol. The lowest BCUT2D eigenvalue weighted by atomic mass is 9.79. The van der Waals surface area contributed by atoms with Gasteiger partial charge in [-0.15, -0.1) is 0 Å². The van der Waals surface area contributed by atoms with Crippen molar-refractivity contribution in [2.24, 2.45) is 0 Å². The van der Waals surface area contributed by atoms with Crippen molar-refractivity contribution in [3.05, 3.63) is 162 Å². The van der Waals surface area contributed by atoms with Crippen LogP contribution in [0.1, 0.15) is 77.6 Å². The van der Waals surface area contributed by atoms with Crippen LogP contribution in [0.3, 0.4) is 0 Å². The lowest BCUT2D eigenvalue weighted by molar-refractivity contribution is 0.559. The number of furan rings is 2. The van der Waals surface area contributed by atoms with Crippen LogP contribution in [0.25, 0.3) is 66.1 Å². The first-order chi connectivity index (χ1) is 26.8. The van der Waals surface area contributed by atoms with Crippen LogP contribution in [0.4, 0.5) is 17.1 Å². The summed E-state index contributed by atoms with van der Waals surface area (Å²) in [6, 6.07) is 50.7. The molecular formula is C53H47NO2. The first kappa shape index (κ1) is 34.4. The average Bonchev–Trinajstić information content (AvgIpc) is 3.83. The Hall–Kier alpha value is -6.06. The molecule has 0 N–H and O–H groups in total. The molecule has 3 nitrogen and oxygen atoms in total. The van der Waals surface area contributed by atoms with E-state index in [1.807, 2.05) is 0 Å². The highest BCUT2D eigenvalue weighted by Gasteiger charge is 2.38. The Kier molecular flexibility index (Phi) is 7.36. The molecule has 56 heavy (non-hydrogen) atoms. The largest absolute Gasteiger partial charge is 0.456 e. The van der Waals surface area contributed by atoms with Crippen LogP contribution in [0.2, 0.25) is 0 Å². The lowest BCUT2D eigenvalue weighted by Gasteiger charge is -2.30. The second-order valence-corrected chi connectivity index (χ2v) is 18.2. The molecule has 1 aliphatic carbocycles. The summed E-state index contributed by atoms with van der Waals surface area (Å²) >= 11 is 0. The summed E-state index contributed by atoms with van der Waals surface area (Å²) in [5, 5.41) is 4.42. The van der Waals surface area contributed by atoms with E-state index in [-0.39, 0.29) is 16.2 Å². The molecule has 0 fully saturated rings. The van der Waals surface area contributed by atoms with E-state index in [1.54, 1.807) is 0 Å². The maximum atomic E-state index is 7.00. The fourth-order valence-electron chi connectivity index (χ4n) is 9.24. The molecule has 0 saturated heterocycles. The van der Waals surface area contributed by atoms with Crippen LogP contribution in [0.15, 0.2) is 148 Å². The van der Waals surface area contributed by atoms with Crippen LogP contribution in [0, 0.1) is 0 Å². The van der Waals surface area contributed by atoms with Crippen LogP contribution >= 0.6 is 0 Å². The van der Waals surface area contributed by atoms with Crippen LogP contribution in [-0.4, -0.2) is 0 Å². The van der Waals surface area contributed by atoms with Gasteiger partial charge in [0.2, 0.25) is 0 Å². The molecule has 3 heteroatoms. The van der Waals surface area contributed by atoms with Gasteiger partial charge in [-0.3, -0.25) is 0 Å². The normalized spacial score (nSPS) is 13.9. The molecule has 7 aromatic carbocycles. The first-order valence-electron chi connectivity index (χ1n) is 19.9. The van der Waals surface area contributed by atoms with Crippen LogP contribution < -0.4 is 4.90 Å². The predicted octanol–water partition coefficient (Wildman–Crippen LogP) is 15.5. The third-order valence-electron chi connectivity index (χ3n) is 12.1. The lowest BCUT2D eigenvalue weighted by Crippen LogP contribution is -2.17. The number of fused-ring (bicyclic) bond motifs is 9. The van der Waals surface area contributed by atoms with Crippen molar-refractivity contribution >= 4 is 60.9 Å². The molecule has 0 atom stereocenters. The number of benzene rings is 7. The Balaban J connectivity index is 1.38. The molecule has 0 amide bonds. The number of nitrogens with zero attached hydrogens (tertiary/aromatic N) is 1. The van der Waals surface area contributed by atoms with Gasteiger partial charge in [-0.25, -0.2) is 0 Å². The topological polar surface area (TPSA) is 29.5 Å². The van der Waals surface area contributed by atoms with Crippen molar-refractivity contribution < 1.29 is 8.83 Å². The maximum absolute atomic E-state index is 7.00. The second-order valence-electron chi connectivity index (χ2n) is 18.2. The minimum atomic E-state index is -0.167. The number of rotatable bonds is 4. The number of hydrogen-bond donors (Lipinski definition) is 0. The van der Waals surface area contributed by atoms with Gasteiger partial charge in [-0.2, -0.15) is 0 Å². The van der Waals surface area contributed by atoms with Crippen LogP contribution in [0.5, 0.6) is 0 Å². The number of anilines is 3. The van der Waals surface area contributed by atoms with E-state index in [0.29, 0.717) is 0 Å². The van der Waals surface area contributed by atoms with Gasteiger partial charge in [0.25, 0.3) is 0 Å². The highest BCUT2D eigenvalue weighted by molar-refractivity contribution is 6.21.